The molecule has 0 saturated carbocycles. The predicted molar refractivity (Wildman–Crippen MR) is 91.6 cm³/mol. The minimum Gasteiger partial charge on any atom is -0.361 e. The fourth-order valence-electron chi connectivity index (χ4n) is 2.95. The monoisotopic (exact) mass is 287 g/mol. The summed E-state index contributed by atoms with van der Waals surface area (Å²) in [4.78, 5) is 5.70. The third-order valence-electron chi connectivity index (χ3n) is 4.10. The lowest BCUT2D eigenvalue weighted by atomic mass is 10.1. The largest absolute Gasteiger partial charge is 0.361 e. The normalized spacial score (nSPS) is 13.1. The zero-order valence-corrected chi connectivity index (χ0v) is 13.4. The third kappa shape index (κ3) is 4.87. The maximum atomic E-state index is 6.33. The molecular weight excluding hydrogens is 258 g/mol. The Hall–Kier alpha value is -1.32. The standard InChI is InChI=1S/C18H29N3/c1-3-4-5-8-11-21(2)14-16(19)12-15-13-20-18-10-7-6-9-17(15)18/h6-7,9-10,13,16,20H,3-5,8,11-12,14,19H2,1-2H3/t16-/m0/s1. The van der Waals surface area contributed by atoms with Gasteiger partial charge in [0.1, 0.15) is 0 Å². The van der Waals surface area contributed by atoms with Crippen molar-refractivity contribution in [1.82, 2.24) is 9.88 Å². The number of nitrogens with one attached hydrogen (secondary N) is 1. The van der Waals surface area contributed by atoms with Crippen molar-refractivity contribution in [1.29, 1.82) is 0 Å². The molecular formula is C18H29N3. The second-order valence-electron chi connectivity index (χ2n) is 6.15. The molecule has 1 heterocycles. The lowest BCUT2D eigenvalue weighted by Crippen LogP contribution is -2.37. The van der Waals surface area contributed by atoms with Crippen molar-refractivity contribution in [3.8, 4) is 0 Å². The molecule has 1 atom stereocenters. The number of para-hydroxylation sites is 1. The molecule has 0 aliphatic carbocycles. The Kier molecular flexibility index (Phi) is 6.27. The summed E-state index contributed by atoms with van der Waals surface area (Å²) in [6, 6.07) is 8.63. The Bertz CT molecular complexity index is 532. The van der Waals surface area contributed by atoms with Crippen LogP contribution in [0.4, 0.5) is 0 Å². The highest BCUT2D eigenvalue weighted by Gasteiger charge is 2.10. The lowest BCUT2D eigenvalue weighted by molar-refractivity contribution is 0.302. The van der Waals surface area contributed by atoms with E-state index in [9.17, 15) is 0 Å². The van der Waals surface area contributed by atoms with Crippen LogP contribution in [0.2, 0.25) is 0 Å². The first-order valence-electron chi connectivity index (χ1n) is 8.19. The molecule has 1 aromatic heterocycles. The molecule has 0 aliphatic rings. The average Bonchev–Trinajstić information content (AvgIpc) is 2.87. The number of fused-ring (bicyclic) bond motifs is 1. The van der Waals surface area contributed by atoms with Crippen LogP contribution in [0.5, 0.6) is 0 Å². The Morgan fingerprint density at radius 1 is 1.19 bits per heavy atom. The first kappa shape index (κ1) is 16.1. The second kappa shape index (κ2) is 8.20. The van der Waals surface area contributed by atoms with Crippen LogP contribution in [-0.4, -0.2) is 36.1 Å². The van der Waals surface area contributed by atoms with Crippen LogP contribution in [0.25, 0.3) is 10.9 Å². The summed E-state index contributed by atoms with van der Waals surface area (Å²) in [7, 11) is 2.18. The molecule has 21 heavy (non-hydrogen) atoms. The van der Waals surface area contributed by atoms with Crippen LogP contribution in [-0.2, 0) is 6.42 Å². The number of hydrogen-bond acceptors (Lipinski definition) is 2. The molecule has 116 valence electrons. The van der Waals surface area contributed by atoms with E-state index in [1.54, 1.807) is 0 Å². The molecule has 2 rings (SSSR count). The minimum absolute atomic E-state index is 0.195. The van der Waals surface area contributed by atoms with Gasteiger partial charge in [-0.3, -0.25) is 0 Å². The smallest absolute Gasteiger partial charge is 0.0456 e. The lowest BCUT2D eigenvalue weighted by Gasteiger charge is -2.21. The number of likely N-dealkylation sites (N-methyl/N-ethyl adjacent to an activating group) is 1. The van der Waals surface area contributed by atoms with Crippen LogP contribution in [0.1, 0.15) is 38.2 Å². The Labute approximate surface area is 128 Å². The topological polar surface area (TPSA) is 45.0 Å². The van der Waals surface area contributed by atoms with Gasteiger partial charge in [-0.15, -0.1) is 0 Å². The van der Waals surface area contributed by atoms with Crippen molar-refractivity contribution in [3.05, 3.63) is 36.0 Å². The molecule has 3 heteroatoms. The number of nitrogens with zero attached hydrogens (tertiary/aromatic N) is 1. The van der Waals surface area contributed by atoms with Gasteiger partial charge in [0.05, 0.1) is 0 Å². The fourth-order valence-corrected chi connectivity index (χ4v) is 2.95. The number of aromatic amines is 1. The van der Waals surface area contributed by atoms with Crippen molar-refractivity contribution in [2.45, 2.75) is 45.1 Å². The number of aromatic nitrogens is 1. The van der Waals surface area contributed by atoms with E-state index in [-0.39, 0.29) is 6.04 Å². The number of nitrogens with two attached hydrogens (primary N) is 1. The predicted octanol–water partition coefficient (Wildman–Crippen LogP) is 3.55. The van der Waals surface area contributed by atoms with Gasteiger partial charge >= 0.3 is 0 Å². The Morgan fingerprint density at radius 3 is 2.81 bits per heavy atom. The molecule has 0 unspecified atom stereocenters. The van der Waals surface area contributed by atoms with Crippen molar-refractivity contribution in [2.75, 3.05) is 20.1 Å². The fraction of sp³-hybridized carbons (Fsp3) is 0.556. The van der Waals surface area contributed by atoms with Gasteiger partial charge in [0.15, 0.2) is 0 Å². The number of unbranched alkanes of at least 4 members (excludes halogenated alkanes) is 3. The summed E-state index contributed by atoms with van der Waals surface area (Å²) in [5, 5.41) is 1.30. The van der Waals surface area contributed by atoms with E-state index in [1.165, 1.54) is 42.1 Å². The summed E-state index contributed by atoms with van der Waals surface area (Å²) in [5.41, 5.74) is 8.86. The van der Waals surface area contributed by atoms with Gasteiger partial charge in [0.2, 0.25) is 0 Å². The third-order valence-corrected chi connectivity index (χ3v) is 4.10. The quantitative estimate of drug-likeness (QED) is 0.693. The Balaban J connectivity index is 1.80. The maximum absolute atomic E-state index is 6.33. The molecule has 2 aromatic rings. The van der Waals surface area contributed by atoms with E-state index in [2.05, 4.69) is 54.3 Å². The van der Waals surface area contributed by atoms with Gasteiger partial charge in [0.25, 0.3) is 0 Å². The molecule has 0 radical (unpaired) electrons. The maximum Gasteiger partial charge on any atom is 0.0456 e. The second-order valence-corrected chi connectivity index (χ2v) is 6.15. The molecule has 3 nitrogen and oxygen atoms in total. The van der Waals surface area contributed by atoms with E-state index in [4.69, 9.17) is 5.73 Å². The van der Waals surface area contributed by atoms with Crippen LogP contribution in [0, 0.1) is 0 Å². The summed E-state index contributed by atoms with van der Waals surface area (Å²) < 4.78 is 0. The van der Waals surface area contributed by atoms with Gasteiger partial charge in [-0.2, -0.15) is 0 Å². The van der Waals surface area contributed by atoms with Crippen LogP contribution < -0.4 is 5.73 Å². The zero-order valence-electron chi connectivity index (χ0n) is 13.4. The van der Waals surface area contributed by atoms with Gasteiger partial charge in [-0.25, -0.2) is 0 Å². The van der Waals surface area contributed by atoms with Crippen LogP contribution in [0.15, 0.2) is 30.5 Å². The van der Waals surface area contributed by atoms with Crippen molar-refractivity contribution >= 4 is 10.9 Å². The summed E-state index contributed by atoms with van der Waals surface area (Å²) in [5.74, 6) is 0. The molecule has 0 aliphatic heterocycles. The van der Waals surface area contributed by atoms with Crippen LogP contribution in [0.3, 0.4) is 0 Å². The zero-order chi connectivity index (χ0) is 15.1. The van der Waals surface area contributed by atoms with E-state index in [1.807, 2.05) is 0 Å². The van der Waals surface area contributed by atoms with Crippen molar-refractivity contribution in [3.63, 3.8) is 0 Å². The molecule has 3 N–H and O–H groups in total. The number of rotatable bonds is 9. The SMILES string of the molecule is CCCCCCN(C)C[C@@H](N)Cc1c[nH]c2ccccc12. The number of H-pyrrole nitrogens is 1. The summed E-state index contributed by atoms with van der Waals surface area (Å²) >= 11 is 0. The summed E-state index contributed by atoms with van der Waals surface area (Å²) in [6.07, 6.45) is 8.29. The van der Waals surface area contributed by atoms with Gasteiger partial charge < -0.3 is 15.6 Å². The molecule has 0 spiro atoms. The van der Waals surface area contributed by atoms with Crippen LogP contribution >= 0.6 is 0 Å². The number of hydrogen-bond donors (Lipinski definition) is 2. The van der Waals surface area contributed by atoms with Gasteiger partial charge in [-0.1, -0.05) is 44.4 Å². The van der Waals surface area contributed by atoms with E-state index in [0.717, 1.165) is 19.5 Å². The highest BCUT2D eigenvalue weighted by atomic mass is 15.1. The van der Waals surface area contributed by atoms with Crippen molar-refractivity contribution in [2.24, 2.45) is 5.73 Å². The molecule has 0 saturated heterocycles. The summed E-state index contributed by atoms with van der Waals surface area (Å²) in [6.45, 7) is 4.37. The minimum atomic E-state index is 0.195. The average molecular weight is 287 g/mol. The first-order chi connectivity index (χ1) is 10.2. The molecule has 0 amide bonds. The Morgan fingerprint density at radius 2 is 2.00 bits per heavy atom. The van der Waals surface area contributed by atoms with Gasteiger partial charge in [0, 0.05) is 29.7 Å². The van der Waals surface area contributed by atoms with Gasteiger partial charge in [-0.05, 0) is 38.1 Å². The first-order valence-corrected chi connectivity index (χ1v) is 8.19. The van der Waals surface area contributed by atoms with E-state index < -0.39 is 0 Å². The van der Waals surface area contributed by atoms with Crippen molar-refractivity contribution < 1.29 is 0 Å². The number of benzene rings is 1. The van der Waals surface area contributed by atoms with E-state index in [0.29, 0.717) is 0 Å². The highest BCUT2D eigenvalue weighted by molar-refractivity contribution is 5.83. The highest BCUT2D eigenvalue weighted by Crippen LogP contribution is 2.18. The molecule has 0 fully saturated rings. The van der Waals surface area contributed by atoms with E-state index >= 15 is 0 Å². The molecule has 0 bridgehead atoms. The molecule has 1 aromatic carbocycles.